The highest BCUT2D eigenvalue weighted by molar-refractivity contribution is 7.84. The summed E-state index contributed by atoms with van der Waals surface area (Å²) in [6.45, 7) is 2.19. The molecule has 0 radical (unpaired) electrons. The number of hydrogen-bond acceptors (Lipinski definition) is 3. The molecule has 2 atom stereocenters. The van der Waals surface area contributed by atoms with Crippen LogP contribution in [0, 0.1) is 11.6 Å². The van der Waals surface area contributed by atoms with E-state index in [9.17, 15) is 13.0 Å². The summed E-state index contributed by atoms with van der Waals surface area (Å²) >= 11 is 0. The van der Waals surface area contributed by atoms with Crippen LogP contribution in [0.4, 0.5) is 8.78 Å². The molecule has 2 aromatic carbocycles. The summed E-state index contributed by atoms with van der Waals surface area (Å²) in [5.41, 5.74) is 1.97. The second-order valence-corrected chi connectivity index (χ2v) is 7.14. The van der Waals surface area contributed by atoms with Gasteiger partial charge in [0.2, 0.25) is 0 Å². The van der Waals surface area contributed by atoms with Crippen LogP contribution in [0.15, 0.2) is 36.4 Å². The van der Waals surface area contributed by atoms with Gasteiger partial charge in [0.25, 0.3) is 0 Å². The molecule has 122 valence electrons. The highest BCUT2D eigenvalue weighted by Gasteiger charge is 2.21. The van der Waals surface area contributed by atoms with E-state index in [1.807, 2.05) is 0 Å². The van der Waals surface area contributed by atoms with Crippen LogP contribution in [0.5, 0.6) is 5.75 Å². The summed E-state index contributed by atoms with van der Waals surface area (Å²) in [5.74, 6) is -0.0190. The second kappa shape index (κ2) is 6.76. The maximum absolute atomic E-state index is 13.7. The van der Waals surface area contributed by atoms with E-state index in [2.05, 4.69) is 0 Å². The van der Waals surface area contributed by atoms with Crippen molar-refractivity contribution in [3.63, 3.8) is 0 Å². The third-order valence-electron chi connectivity index (χ3n) is 3.78. The number of ether oxygens (including phenoxy) is 2. The SMILES string of the molecule is C[C@H](c1ccc(F)cc1)[S@@](=O)Cc1cc(F)cc2c1OCOC2. The molecule has 1 heterocycles. The van der Waals surface area contributed by atoms with Crippen LogP contribution < -0.4 is 4.74 Å². The Hall–Kier alpha value is -1.79. The molecule has 3 rings (SSSR count). The lowest BCUT2D eigenvalue weighted by molar-refractivity contribution is -0.0171. The zero-order chi connectivity index (χ0) is 16.4. The zero-order valence-corrected chi connectivity index (χ0v) is 13.4. The van der Waals surface area contributed by atoms with Crippen molar-refractivity contribution in [2.45, 2.75) is 24.5 Å². The summed E-state index contributed by atoms with van der Waals surface area (Å²) in [4.78, 5) is 0. The molecule has 23 heavy (non-hydrogen) atoms. The minimum atomic E-state index is -1.29. The van der Waals surface area contributed by atoms with Gasteiger partial charge >= 0.3 is 0 Å². The molecular formula is C17H16F2O3S. The van der Waals surface area contributed by atoms with Crippen LogP contribution in [0.25, 0.3) is 0 Å². The normalized spacial score (nSPS) is 16.3. The van der Waals surface area contributed by atoms with E-state index in [0.717, 1.165) is 5.56 Å². The molecule has 2 aromatic rings. The van der Waals surface area contributed by atoms with Gasteiger partial charge in [-0.3, -0.25) is 4.21 Å². The first-order valence-corrected chi connectivity index (χ1v) is 8.57. The van der Waals surface area contributed by atoms with Crippen molar-refractivity contribution in [2.24, 2.45) is 0 Å². The number of hydrogen-bond donors (Lipinski definition) is 0. The monoisotopic (exact) mass is 338 g/mol. The Morgan fingerprint density at radius 1 is 1.17 bits per heavy atom. The summed E-state index contributed by atoms with van der Waals surface area (Å²) < 4.78 is 49.9. The first-order chi connectivity index (χ1) is 11.0. The van der Waals surface area contributed by atoms with Gasteiger partial charge in [-0.05, 0) is 36.8 Å². The first-order valence-electron chi connectivity index (χ1n) is 7.19. The van der Waals surface area contributed by atoms with Gasteiger partial charge in [-0.15, -0.1) is 0 Å². The van der Waals surface area contributed by atoms with Crippen molar-refractivity contribution in [2.75, 3.05) is 6.79 Å². The fourth-order valence-electron chi connectivity index (χ4n) is 2.53. The minimum Gasteiger partial charge on any atom is -0.467 e. The van der Waals surface area contributed by atoms with E-state index in [-0.39, 0.29) is 30.2 Å². The van der Waals surface area contributed by atoms with Gasteiger partial charge in [0.05, 0.1) is 17.6 Å². The van der Waals surface area contributed by atoms with Gasteiger partial charge < -0.3 is 9.47 Å². The third kappa shape index (κ3) is 3.59. The molecule has 0 saturated carbocycles. The van der Waals surface area contributed by atoms with Crippen molar-refractivity contribution in [3.05, 3.63) is 64.7 Å². The molecule has 0 fully saturated rings. The molecule has 3 nitrogen and oxygen atoms in total. The molecule has 6 heteroatoms. The summed E-state index contributed by atoms with van der Waals surface area (Å²) in [6.07, 6.45) is 0. The van der Waals surface area contributed by atoms with Gasteiger partial charge in [0.1, 0.15) is 17.4 Å². The van der Waals surface area contributed by atoms with Crippen molar-refractivity contribution in [1.82, 2.24) is 0 Å². The predicted octanol–water partition coefficient (Wildman–Crippen LogP) is 3.84. The molecule has 0 aliphatic carbocycles. The molecule has 0 N–H and O–H groups in total. The topological polar surface area (TPSA) is 35.5 Å². The highest BCUT2D eigenvalue weighted by Crippen LogP contribution is 2.32. The lowest BCUT2D eigenvalue weighted by Crippen LogP contribution is -2.15. The predicted molar refractivity (Wildman–Crippen MR) is 83.3 cm³/mol. The maximum Gasteiger partial charge on any atom is 0.189 e. The fourth-order valence-corrected chi connectivity index (χ4v) is 3.76. The van der Waals surface area contributed by atoms with Crippen LogP contribution in [0.2, 0.25) is 0 Å². The first kappa shape index (κ1) is 16.1. The molecule has 0 amide bonds. The molecule has 1 aliphatic heterocycles. The zero-order valence-electron chi connectivity index (χ0n) is 12.6. The van der Waals surface area contributed by atoms with Crippen molar-refractivity contribution in [3.8, 4) is 5.75 Å². The molecule has 0 spiro atoms. The summed E-state index contributed by atoms with van der Waals surface area (Å²) in [7, 11) is -1.29. The number of fused-ring (bicyclic) bond motifs is 1. The quantitative estimate of drug-likeness (QED) is 0.850. The Labute approximate surface area is 135 Å². The Morgan fingerprint density at radius 3 is 2.65 bits per heavy atom. The Kier molecular flexibility index (Phi) is 4.73. The third-order valence-corrected chi connectivity index (χ3v) is 5.44. The van der Waals surface area contributed by atoms with E-state index in [1.54, 1.807) is 19.1 Å². The van der Waals surface area contributed by atoms with Crippen LogP contribution >= 0.6 is 0 Å². The van der Waals surface area contributed by atoms with Gasteiger partial charge in [0, 0.05) is 21.9 Å². The molecule has 1 aliphatic rings. The van der Waals surface area contributed by atoms with E-state index in [4.69, 9.17) is 9.47 Å². The molecule has 0 aromatic heterocycles. The van der Waals surface area contributed by atoms with E-state index < -0.39 is 16.6 Å². The van der Waals surface area contributed by atoms with Crippen LogP contribution in [0.3, 0.4) is 0 Å². The molecule has 0 saturated heterocycles. The van der Waals surface area contributed by atoms with Crippen LogP contribution in [-0.2, 0) is 27.9 Å². The van der Waals surface area contributed by atoms with Gasteiger partial charge in [-0.2, -0.15) is 0 Å². The van der Waals surface area contributed by atoms with Crippen LogP contribution in [0.1, 0.15) is 28.9 Å². The van der Waals surface area contributed by atoms with E-state index in [1.165, 1.54) is 24.3 Å². The Morgan fingerprint density at radius 2 is 1.91 bits per heavy atom. The second-order valence-electron chi connectivity index (χ2n) is 5.38. The lowest BCUT2D eigenvalue weighted by atomic mass is 10.1. The summed E-state index contributed by atoms with van der Waals surface area (Å²) in [5, 5.41) is -0.297. The number of rotatable bonds is 4. The van der Waals surface area contributed by atoms with Crippen molar-refractivity contribution < 1.29 is 22.5 Å². The fraction of sp³-hybridized carbons (Fsp3) is 0.294. The van der Waals surface area contributed by atoms with Gasteiger partial charge in [-0.25, -0.2) is 8.78 Å². The van der Waals surface area contributed by atoms with E-state index >= 15 is 0 Å². The summed E-state index contributed by atoms with van der Waals surface area (Å²) in [6, 6.07) is 8.62. The largest absolute Gasteiger partial charge is 0.467 e. The average Bonchev–Trinajstić information content (AvgIpc) is 2.54. The molecule has 0 unspecified atom stereocenters. The molecule has 0 bridgehead atoms. The Balaban J connectivity index is 1.82. The van der Waals surface area contributed by atoms with Crippen LogP contribution in [-0.4, -0.2) is 11.0 Å². The number of halogens is 2. The Bertz CT molecular complexity index is 731. The van der Waals surface area contributed by atoms with Gasteiger partial charge in [-0.1, -0.05) is 12.1 Å². The minimum absolute atomic E-state index is 0.103. The maximum atomic E-state index is 13.7. The standard InChI is InChI=1S/C17H16F2O3S/c1-11(12-2-4-15(18)5-3-12)23(20)9-14-7-16(19)6-13-8-21-10-22-17(13)14/h2-7,11H,8-10H2,1H3/t11-,23+/m1/s1. The average molecular weight is 338 g/mol. The lowest BCUT2D eigenvalue weighted by Gasteiger charge is -2.21. The molecular weight excluding hydrogens is 322 g/mol. The highest BCUT2D eigenvalue weighted by atomic mass is 32.2. The smallest absolute Gasteiger partial charge is 0.189 e. The van der Waals surface area contributed by atoms with Crippen molar-refractivity contribution in [1.29, 1.82) is 0 Å². The van der Waals surface area contributed by atoms with Gasteiger partial charge in [0.15, 0.2) is 6.79 Å². The van der Waals surface area contributed by atoms with E-state index in [0.29, 0.717) is 16.9 Å². The number of benzene rings is 2. The van der Waals surface area contributed by atoms with Crippen molar-refractivity contribution >= 4 is 10.8 Å².